The minimum Gasteiger partial charge on any atom is -0.270 e. The van der Waals surface area contributed by atoms with Crippen LogP contribution in [-0.4, -0.2) is 4.92 Å². The van der Waals surface area contributed by atoms with Gasteiger partial charge in [0.1, 0.15) is 0 Å². The van der Waals surface area contributed by atoms with Gasteiger partial charge in [-0.3, -0.25) is 10.1 Å². The van der Waals surface area contributed by atoms with Crippen molar-refractivity contribution in [2.24, 2.45) is 0 Å². The zero-order valence-corrected chi connectivity index (χ0v) is 8.91. The van der Waals surface area contributed by atoms with E-state index in [2.05, 4.69) is 6.07 Å². The molecule has 0 N–H and O–H groups in total. The maximum atomic E-state index is 10.2. The zero-order valence-electron chi connectivity index (χ0n) is 6.07. The Morgan fingerprint density at radius 2 is 2.27 bits per heavy atom. The van der Waals surface area contributed by atoms with E-state index in [9.17, 15) is 10.1 Å². The summed E-state index contributed by atoms with van der Waals surface area (Å²) in [5.74, 6) is 0. The van der Waals surface area contributed by atoms with Crippen molar-refractivity contribution in [3.05, 3.63) is 39.9 Å². The number of rotatable bonds is 1. The maximum absolute atomic E-state index is 10.2. The van der Waals surface area contributed by atoms with Gasteiger partial charge >= 0.3 is 0 Å². The fourth-order valence-corrected chi connectivity index (χ4v) is 0.696. The molecular weight excluding hydrogens is 219 g/mol. The van der Waals surface area contributed by atoms with Crippen molar-refractivity contribution >= 4 is 5.69 Å². The first-order valence-electron chi connectivity index (χ1n) is 2.83. The van der Waals surface area contributed by atoms with E-state index in [1.165, 1.54) is 6.07 Å². The molecule has 3 nitrogen and oxygen atoms in total. The molecule has 1 aromatic carbocycles. The summed E-state index contributed by atoms with van der Waals surface area (Å²) < 4.78 is 0. The average Bonchev–Trinajstić information content (AvgIpc) is 1.88. The SMILES string of the molecule is Cc1cc[c-]cc1[N+](=O)[O-].[Y]. The van der Waals surface area contributed by atoms with Crippen LogP contribution >= 0.6 is 0 Å². The molecule has 4 heteroatoms. The van der Waals surface area contributed by atoms with Crippen LogP contribution in [0.1, 0.15) is 5.56 Å². The summed E-state index contributed by atoms with van der Waals surface area (Å²) in [5.41, 5.74) is 0.797. The van der Waals surface area contributed by atoms with Crippen LogP contribution in [0.4, 0.5) is 5.69 Å². The predicted octanol–water partition coefficient (Wildman–Crippen LogP) is 1.70. The van der Waals surface area contributed by atoms with Gasteiger partial charge in [0.25, 0.3) is 0 Å². The monoisotopic (exact) mass is 225 g/mol. The number of aryl methyl sites for hydroxylation is 1. The number of hydrogen-bond acceptors (Lipinski definition) is 2. The predicted molar refractivity (Wildman–Crippen MR) is 36.7 cm³/mol. The third kappa shape index (κ3) is 2.68. The van der Waals surface area contributed by atoms with Crippen LogP contribution in [-0.2, 0) is 32.7 Å². The molecule has 1 aromatic rings. The van der Waals surface area contributed by atoms with Gasteiger partial charge in [0.15, 0.2) is 5.69 Å². The van der Waals surface area contributed by atoms with Crippen LogP contribution in [0, 0.1) is 23.1 Å². The van der Waals surface area contributed by atoms with E-state index in [-0.39, 0.29) is 38.4 Å². The van der Waals surface area contributed by atoms with Crippen LogP contribution in [0.25, 0.3) is 0 Å². The van der Waals surface area contributed by atoms with Gasteiger partial charge in [-0.2, -0.15) is 18.2 Å². The van der Waals surface area contributed by atoms with E-state index in [1.807, 2.05) is 0 Å². The first kappa shape index (κ1) is 10.7. The van der Waals surface area contributed by atoms with Gasteiger partial charge in [-0.1, -0.05) is 12.5 Å². The molecule has 0 aliphatic heterocycles. The molecule has 0 aromatic heterocycles. The van der Waals surface area contributed by atoms with Crippen molar-refractivity contribution in [2.45, 2.75) is 6.92 Å². The summed E-state index contributed by atoms with van der Waals surface area (Å²) >= 11 is 0. The maximum Gasteiger partial charge on any atom is 0.166 e. The summed E-state index contributed by atoms with van der Waals surface area (Å²) in [6.45, 7) is 1.70. The summed E-state index contributed by atoms with van der Waals surface area (Å²) in [4.78, 5) is 9.80. The minimum absolute atomic E-state index is 0. The summed E-state index contributed by atoms with van der Waals surface area (Å²) in [7, 11) is 0. The second-order valence-corrected chi connectivity index (χ2v) is 1.97. The molecule has 0 heterocycles. The first-order chi connectivity index (χ1) is 4.72. The standard InChI is InChI=1S/C7H6NO2.Y/c1-6-4-2-3-5-7(6)8(9)10;/h2,4-5H,1H3;/q-1;. The molecule has 0 bridgehead atoms. The average molecular weight is 225 g/mol. The first-order valence-corrected chi connectivity index (χ1v) is 2.83. The number of benzene rings is 1. The van der Waals surface area contributed by atoms with E-state index in [4.69, 9.17) is 0 Å². The largest absolute Gasteiger partial charge is 0.270 e. The number of nitrogens with zero attached hydrogens (tertiary/aromatic N) is 1. The quantitative estimate of drug-likeness (QED) is 0.414. The second kappa shape index (κ2) is 4.57. The summed E-state index contributed by atoms with van der Waals surface area (Å²) in [6.07, 6.45) is 0. The summed E-state index contributed by atoms with van der Waals surface area (Å²) in [6, 6.07) is 7.33. The van der Waals surface area contributed by atoms with Gasteiger partial charge in [-0.15, -0.1) is 6.07 Å². The van der Waals surface area contributed by atoms with Crippen molar-refractivity contribution in [1.82, 2.24) is 0 Å². The van der Waals surface area contributed by atoms with Crippen molar-refractivity contribution in [1.29, 1.82) is 0 Å². The third-order valence-electron chi connectivity index (χ3n) is 1.25. The van der Waals surface area contributed by atoms with Gasteiger partial charge in [0.05, 0.1) is 0 Å². The summed E-state index contributed by atoms with van der Waals surface area (Å²) in [5, 5.41) is 10.2. The molecule has 55 valence electrons. The number of nitro groups is 1. The van der Waals surface area contributed by atoms with Crippen molar-refractivity contribution in [3.8, 4) is 0 Å². The minimum atomic E-state index is -0.411. The van der Waals surface area contributed by atoms with E-state index >= 15 is 0 Å². The molecule has 1 radical (unpaired) electrons. The fourth-order valence-electron chi connectivity index (χ4n) is 0.696. The van der Waals surface area contributed by atoms with Crippen LogP contribution < -0.4 is 0 Å². The smallest absolute Gasteiger partial charge is 0.166 e. The zero-order chi connectivity index (χ0) is 7.56. The molecular formula is C7H6NO2Y-. The number of hydrogen-bond donors (Lipinski definition) is 0. The Hall–Kier alpha value is -0.276. The van der Waals surface area contributed by atoms with Gasteiger partial charge in [-0.05, 0) is 0 Å². The van der Waals surface area contributed by atoms with Crippen LogP contribution in [0.5, 0.6) is 0 Å². The number of nitro benzene ring substituents is 1. The molecule has 0 saturated heterocycles. The molecule has 0 fully saturated rings. The topological polar surface area (TPSA) is 43.1 Å². The molecule has 11 heavy (non-hydrogen) atoms. The normalized spacial score (nSPS) is 8.45. The van der Waals surface area contributed by atoms with Crippen molar-refractivity contribution in [3.63, 3.8) is 0 Å². The van der Waals surface area contributed by atoms with Gasteiger partial charge in [0, 0.05) is 37.6 Å². The van der Waals surface area contributed by atoms with Crippen LogP contribution in [0.3, 0.4) is 0 Å². The Morgan fingerprint density at radius 3 is 2.64 bits per heavy atom. The third-order valence-corrected chi connectivity index (χ3v) is 1.25. The molecule has 0 aliphatic carbocycles. The Morgan fingerprint density at radius 1 is 1.64 bits per heavy atom. The van der Waals surface area contributed by atoms with Gasteiger partial charge in [0.2, 0.25) is 0 Å². The Labute approximate surface area is 89.8 Å². The van der Waals surface area contributed by atoms with Crippen LogP contribution in [0.15, 0.2) is 18.2 Å². The van der Waals surface area contributed by atoms with E-state index < -0.39 is 4.92 Å². The fraction of sp³-hybridized carbons (Fsp3) is 0.143. The molecule has 1 rings (SSSR count). The molecule has 0 atom stereocenters. The van der Waals surface area contributed by atoms with E-state index in [0.29, 0.717) is 5.56 Å². The molecule has 0 spiro atoms. The second-order valence-electron chi connectivity index (χ2n) is 1.97. The molecule has 0 unspecified atom stereocenters. The van der Waals surface area contributed by atoms with Gasteiger partial charge < -0.3 is 0 Å². The van der Waals surface area contributed by atoms with Crippen molar-refractivity contribution in [2.75, 3.05) is 0 Å². The van der Waals surface area contributed by atoms with Crippen molar-refractivity contribution < 1.29 is 37.6 Å². The molecule has 0 amide bonds. The Balaban J connectivity index is 0.000001000. The van der Waals surface area contributed by atoms with E-state index in [1.54, 1.807) is 19.1 Å². The van der Waals surface area contributed by atoms with Crippen LogP contribution in [0.2, 0.25) is 0 Å². The van der Waals surface area contributed by atoms with Gasteiger partial charge in [-0.25, -0.2) is 0 Å². The molecule has 0 aliphatic rings. The van der Waals surface area contributed by atoms with E-state index in [0.717, 1.165) is 0 Å². The Bertz CT molecular complexity index is 262. The Kier molecular flexibility index (Phi) is 4.46. The molecule has 0 saturated carbocycles.